The van der Waals surface area contributed by atoms with E-state index in [0.29, 0.717) is 6.04 Å². The molecule has 1 heterocycles. The summed E-state index contributed by atoms with van der Waals surface area (Å²) in [6.07, 6.45) is 6.00. The number of nitrogens with zero attached hydrogens (tertiary/aromatic N) is 2. The summed E-state index contributed by atoms with van der Waals surface area (Å²) in [5, 5.41) is 0. The van der Waals surface area contributed by atoms with E-state index in [-0.39, 0.29) is 0 Å². The van der Waals surface area contributed by atoms with Crippen LogP contribution in [0.5, 0.6) is 0 Å². The van der Waals surface area contributed by atoms with Crippen molar-refractivity contribution in [1.82, 2.24) is 9.88 Å². The minimum Gasteiger partial charge on any atom is -0.296 e. The third-order valence-corrected chi connectivity index (χ3v) is 3.54. The van der Waals surface area contributed by atoms with Crippen LogP contribution in [0, 0.1) is 0 Å². The summed E-state index contributed by atoms with van der Waals surface area (Å²) in [7, 11) is 2.15. The van der Waals surface area contributed by atoms with E-state index in [9.17, 15) is 0 Å². The normalized spacial score (nSPS) is 13.5. The van der Waals surface area contributed by atoms with Crippen LogP contribution in [0.2, 0.25) is 0 Å². The van der Waals surface area contributed by atoms with E-state index in [1.807, 2.05) is 24.5 Å². The number of likely N-dealkylation sites (N-methyl/N-ethyl adjacent to an activating group) is 1. The van der Waals surface area contributed by atoms with E-state index >= 15 is 0 Å². The zero-order chi connectivity index (χ0) is 14.4. The summed E-state index contributed by atoms with van der Waals surface area (Å²) in [5.41, 5.74) is 3.87. The Morgan fingerprint density at radius 1 is 1.20 bits per heavy atom. The van der Waals surface area contributed by atoms with Crippen molar-refractivity contribution < 1.29 is 0 Å². The van der Waals surface area contributed by atoms with Crippen molar-refractivity contribution in [2.45, 2.75) is 19.9 Å². The van der Waals surface area contributed by atoms with Gasteiger partial charge in [0.25, 0.3) is 0 Å². The molecule has 1 aromatic heterocycles. The molecular formula is C18H22N2. The first-order valence-corrected chi connectivity index (χ1v) is 6.99. The van der Waals surface area contributed by atoms with Crippen molar-refractivity contribution in [3.8, 4) is 0 Å². The molecule has 0 aliphatic rings. The lowest BCUT2D eigenvalue weighted by Gasteiger charge is -2.25. The van der Waals surface area contributed by atoms with Crippen LogP contribution in [-0.2, 0) is 0 Å². The fourth-order valence-electron chi connectivity index (χ4n) is 2.29. The first-order chi connectivity index (χ1) is 9.66. The second-order valence-electron chi connectivity index (χ2n) is 5.28. The van der Waals surface area contributed by atoms with Crippen molar-refractivity contribution in [2.24, 2.45) is 0 Å². The van der Waals surface area contributed by atoms with Gasteiger partial charge in [-0.15, -0.1) is 0 Å². The summed E-state index contributed by atoms with van der Waals surface area (Å²) in [5.74, 6) is 0. The lowest BCUT2D eigenvalue weighted by atomic mass is 10.1. The van der Waals surface area contributed by atoms with Gasteiger partial charge in [0, 0.05) is 25.0 Å². The van der Waals surface area contributed by atoms with Gasteiger partial charge in [0.2, 0.25) is 0 Å². The van der Waals surface area contributed by atoms with Crippen molar-refractivity contribution in [3.63, 3.8) is 0 Å². The Labute approximate surface area is 121 Å². The molecule has 0 fully saturated rings. The Bertz CT molecular complexity index is 546. The summed E-state index contributed by atoms with van der Waals surface area (Å²) < 4.78 is 0. The van der Waals surface area contributed by atoms with Gasteiger partial charge in [0.05, 0.1) is 0 Å². The second kappa shape index (κ2) is 7.01. The lowest BCUT2D eigenvalue weighted by Crippen LogP contribution is -2.24. The molecule has 0 radical (unpaired) electrons. The second-order valence-corrected chi connectivity index (χ2v) is 5.28. The van der Waals surface area contributed by atoms with Crippen molar-refractivity contribution in [2.75, 3.05) is 13.6 Å². The Morgan fingerprint density at radius 3 is 2.60 bits per heavy atom. The van der Waals surface area contributed by atoms with Gasteiger partial charge < -0.3 is 0 Å². The molecule has 2 aromatic rings. The number of benzene rings is 1. The average molecular weight is 266 g/mol. The first-order valence-electron chi connectivity index (χ1n) is 6.99. The summed E-state index contributed by atoms with van der Waals surface area (Å²) in [6.45, 7) is 5.34. The highest BCUT2D eigenvalue weighted by molar-refractivity contribution is 5.52. The minimum absolute atomic E-state index is 0.364. The summed E-state index contributed by atoms with van der Waals surface area (Å²) in [4.78, 5) is 6.53. The Balaban J connectivity index is 2.01. The number of rotatable bonds is 5. The van der Waals surface area contributed by atoms with Gasteiger partial charge >= 0.3 is 0 Å². The quantitative estimate of drug-likeness (QED) is 0.807. The number of aromatic nitrogens is 1. The topological polar surface area (TPSA) is 16.1 Å². The van der Waals surface area contributed by atoms with Crippen LogP contribution in [0.15, 0.2) is 60.4 Å². The van der Waals surface area contributed by atoms with Crippen LogP contribution in [0.25, 0.3) is 6.08 Å². The molecule has 2 heteroatoms. The molecule has 0 spiro atoms. The molecule has 1 aromatic carbocycles. The van der Waals surface area contributed by atoms with E-state index in [1.165, 1.54) is 16.7 Å². The highest BCUT2D eigenvalue weighted by atomic mass is 15.1. The smallest absolute Gasteiger partial charge is 0.0335 e. The maximum Gasteiger partial charge on any atom is 0.0335 e. The van der Waals surface area contributed by atoms with Crippen LogP contribution in [0.3, 0.4) is 0 Å². The maximum atomic E-state index is 4.19. The average Bonchev–Trinajstić information content (AvgIpc) is 2.48. The number of pyridine rings is 1. The Morgan fingerprint density at radius 2 is 1.95 bits per heavy atom. The van der Waals surface area contributed by atoms with Crippen LogP contribution in [-0.4, -0.2) is 23.5 Å². The van der Waals surface area contributed by atoms with Crippen LogP contribution < -0.4 is 0 Å². The molecule has 20 heavy (non-hydrogen) atoms. The van der Waals surface area contributed by atoms with Crippen LogP contribution in [0.1, 0.15) is 31.0 Å². The molecule has 0 aliphatic heterocycles. The summed E-state index contributed by atoms with van der Waals surface area (Å²) >= 11 is 0. The molecule has 1 atom stereocenters. The van der Waals surface area contributed by atoms with E-state index in [0.717, 1.165) is 6.54 Å². The van der Waals surface area contributed by atoms with Gasteiger partial charge in [0.15, 0.2) is 0 Å². The molecule has 2 nitrogen and oxygen atoms in total. The van der Waals surface area contributed by atoms with Gasteiger partial charge in [-0.1, -0.05) is 48.0 Å². The molecule has 0 unspecified atom stereocenters. The first kappa shape index (κ1) is 14.5. The molecule has 104 valence electrons. The van der Waals surface area contributed by atoms with E-state index in [2.05, 4.69) is 67.2 Å². The predicted octanol–water partition coefficient (Wildman–Crippen LogP) is 4.18. The van der Waals surface area contributed by atoms with E-state index < -0.39 is 0 Å². The lowest BCUT2D eigenvalue weighted by molar-refractivity contribution is 0.283. The van der Waals surface area contributed by atoms with Crippen molar-refractivity contribution >= 4 is 6.08 Å². The highest BCUT2D eigenvalue weighted by Gasteiger charge is 2.11. The fraction of sp³-hybridized carbons (Fsp3) is 0.278. The van der Waals surface area contributed by atoms with Gasteiger partial charge in [-0.05, 0) is 38.1 Å². The van der Waals surface area contributed by atoms with Crippen molar-refractivity contribution in [1.29, 1.82) is 0 Å². The molecule has 0 bridgehead atoms. The molecule has 0 aliphatic carbocycles. The van der Waals surface area contributed by atoms with E-state index in [1.54, 1.807) is 0 Å². The number of hydrogen-bond donors (Lipinski definition) is 0. The molecular weight excluding hydrogens is 244 g/mol. The van der Waals surface area contributed by atoms with Gasteiger partial charge in [-0.25, -0.2) is 0 Å². The highest BCUT2D eigenvalue weighted by Crippen LogP contribution is 2.18. The largest absolute Gasteiger partial charge is 0.296 e. The molecule has 2 rings (SSSR count). The van der Waals surface area contributed by atoms with E-state index in [4.69, 9.17) is 0 Å². The third kappa shape index (κ3) is 4.04. The standard InChI is InChI=1S/C18H22N2/c1-15(12-17-8-5-4-6-9-17)14-20(3)16(2)18-10-7-11-19-13-18/h4-13,16H,14H2,1-3H3/b15-12+/t16-/m1/s1. The van der Waals surface area contributed by atoms with Gasteiger partial charge in [-0.3, -0.25) is 9.88 Å². The van der Waals surface area contributed by atoms with Crippen LogP contribution in [0.4, 0.5) is 0 Å². The fourth-order valence-corrected chi connectivity index (χ4v) is 2.29. The molecule has 0 N–H and O–H groups in total. The molecule has 0 amide bonds. The Kier molecular flexibility index (Phi) is 5.08. The third-order valence-electron chi connectivity index (χ3n) is 3.54. The maximum absolute atomic E-state index is 4.19. The zero-order valence-corrected chi connectivity index (χ0v) is 12.5. The molecule has 0 saturated carbocycles. The minimum atomic E-state index is 0.364. The van der Waals surface area contributed by atoms with Crippen LogP contribution >= 0.6 is 0 Å². The molecule has 0 saturated heterocycles. The van der Waals surface area contributed by atoms with Gasteiger partial charge in [-0.2, -0.15) is 0 Å². The Hall–Kier alpha value is -1.93. The summed E-state index contributed by atoms with van der Waals surface area (Å²) in [6, 6.07) is 14.9. The number of hydrogen-bond acceptors (Lipinski definition) is 2. The van der Waals surface area contributed by atoms with Gasteiger partial charge in [0.1, 0.15) is 0 Å². The zero-order valence-electron chi connectivity index (χ0n) is 12.5. The SMILES string of the molecule is C/C(=C\c1ccccc1)CN(C)[C@H](C)c1cccnc1. The van der Waals surface area contributed by atoms with Crippen molar-refractivity contribution in [3.05, 3.63) is 71.6 Å². The monoisotopic (exact) mass is 266 g/mol. The predicted molar refractivity (Wildman–Crippen MR) is 85.4 cm³/mol.